The van der Waals surface area contributed by atoms with E-state index in [4.69, 9.17) is 0 Å². The van der Waals surface area contributed by atoms with Gasteiger partial charge in [0.15, 0.2) is 5.69 Å². The Morgan fingerprint density at radius 2 is 2.00 bits per heavy atom. The number of aryl methyl sites for hydroxylation is 1. The summed E-state index contributed by atoms with van der Waals surface area (Å²) >= 11 is 3.30. The van der Waals surface area contributed by atoms with Crippen LogP contribution in [0.4, 0.5) is 13.2 Å². The molecule has 0 spiro atoms. The second kappa shape index (κ2) is 5.67. The molecular formula is C15H13BrF3N3O. The summed E-state index contributed by atoms with van der Waals surface area (Å²) in [6.07, 6.45) is -2.71. The zero-order valence-corrected chi connectivity index (χ0v) is 13.8. The fraction of sp³-hybridized carbons (Fsp3) is 0.333. The average molecular weight is 388 g/mol. The van der Waals surface area contributed by atoms with Crippen LogP contribution >= 0.6 is 15.9 Å². The van der Waals surface area contributed by atoms with Crippen LogP contribution < -0.4 is 5.32 Å². The van der Waals surface area contributed by atoms with Crippen LogP contribution in [0.1, 0.15) is 27.2 Å². The molecule has 1 aromatic heterocycles. The molecule has 8 heteroatoms. The van der Waals surface area contributed by atoms with Gasteiger partial charge in [0, 0.05) is 36.2 Å². The maximum absolute atomic E-state index is 13.3. The first-order chi connectivity index (χ1) is 10.8. The molecule has 23 heavy (non-hydrogen) atoms. The number of aromatic nitrogens is 2. The molecule has 1 amide bonds. The fourth-order valence-electron chi connectivity index (χ4n) is 2.81. The van der Waals surface area contributed by atoms with Crippen molar-refractivity contribution in [3.8, 4) is 11.1 Å². The lowest BCUT2D eigenvalue weighted by Crippen LogP contribution is -2.32. The predicted octanol–water partition coefficient (Wildman–Crippen LogP) is 3.29. The van der Waals surface area contributed by atoms with E-state index in [1.807, 2.05) is 0 Å². The molecule has 1 N–H and O–H groups in total. The van der Waals surface area contributed by atoms with E-state index >= 15 is 0 Å². The van der Waals surface area contributed by atoms with E-state index in [1.165, 1.54) is 13.2 Å². The van der Waals surface area contributed by atoms with Crippen molar-refractivity contribution in [3.63, 3.8) is 0 Å². The lowest BCUT2D eigenvalue weighted by Gasteiger charge is -2.21. The normalized spacial score (nSPS) is 14.6. The van der Waals surface area contributed by atoms with Gasteiger partial charge in [-0.3, -0.25) is 9.48 Å². The SMILES string of the molecule is Cn1cc(-c2cc(CBr)cc3c2CCNC3=O)c(C(F)(F)F)n1. The summed E-state index contributed by atoms with van der Waals surface area (Å²) in [5.74, 6) is -0.257. The molecule has 3 rings (SSSR count). The van der Waals surface area contributed by atoms with Crippen molar-refractivity contribution in [2.24, 2.45) is 7.05 Å². The topological polar surface area (TPSA) is 46.9 Å². The van der Waals surface area contributed by atoms with Crippen molar-refractivity contribution in [2.75, 3.05) is 6.54 Å². The van der Waals surface area contributed by atoms with Gasteiger partial charge in [-0.15, -0.1) is 0 Å². The molecule has 2 aromatic rings. The summed E-state index contributed by atoms with van der Waals surface area (Å²) in [6.45, 7) is 0.411. The number of nitrogens with zero attached hydrogens (tertiary/aromatic N) is 2. The first-order valence-corrected chi connectivity index (χ1v) is 8.04. The van der Waals surface area contributed by atoms with E-state index in [0.717, 1.165) is 10.2 Å². The van der Waals surface area contributed by atoms with Gasteiger partial charge in [0.25, 0.3) is 5.91 Å². The smallest absolute Gasteiger partial charge is 0.352 e. The van der Waals surface area contributed by atoms with Crippen molar-refractivity contribution < 1.29 is 18.0 Å². The third-order valence-corrected chi connectivity index (χ3v) is 4.40. The maximum Gasteiger partial charge on any atom is 0.435 e. The van der Waals surface area contributed by atoms with Crippen molar-refractivity contribution in [1.29, 1.82) is 0 Å². The zero-order valence-electron chi connectivity index (χ0n) is 12.2. The lowest BCUT2D eigenvalue weighted by atomic mass is 9.89. The van der Waals surface area contributed by atoms with E-state index in [9.17, 15) is 18.0 Å². The summed E-state index contributed by atoms with van der Waals surface area (Å²) in [5.41, 5.74) is 1.31. The fourth-order valence-corrected chi connectivity index (χ4v) is 3.14. The number of rotatable bonds is 2. The van der Waals surface area contributed by atoms with Gasteiger partial charge in [0.1, 0.15) is 0 Å². The highest BCUT2D eigenvalue weighted by Crippen LogP contribution is 2.39. The Morgan fingerprint density at radius 1 is 1.30 bits per heavy atom. The van der Waals surface area contributed by atoms with Gasteiger partial charge in [-0.2, -0.15) is 18.3 Å². The molecule has 0 atom stereocenters. The number of benzene rings is 1. The number of nitrogens with one attached hydrogen (secondary N) is 1. The summed E-state index contributed by atoms with van der Waals surface area (Å²) in [7, 11) is 1.45. The molecule has 0 saturated heterocycles. The number of amides is 1. The van der Waals surface area contributed by atoms with Crippen molar-refractivity contribution in [1.82, 2.24) is 15.1 Å². The molecular weight excluding hydrogens is 375 g/mol. The highest BCUT2D eigenvalue weighted by molar-refractivity contribution is 9.08. The molecule has 0 saturated carbocycles. The van der Waals surface area contributed by atoms with E-state index in [0.29, 0.717) is 35.0 Å². The van der Waals surface area contributed by atoms with Gasteiger partial charge >= 0.3 is 6.18 Å². The van der Waals surface area contributed by atoms with Crippen LogP contribution in [-0.2, 0) is 25.0 Å². The van der Waals surface area contributed by atoms with Gasteiger partial charge in [-0.05, 0) is 35.2 Å². The minimum atomic E-state index is -4.55. The average Bonchev–Trinajstić information content (AvgIpc) is 2.89. The number of carbonyl (C=O) groups is 1. The van der Waals surface area contributed by atoms with Crippen molar-refractivity contribution in [3.05, 3.63) is 40.7 Å². The van der Waals surface area contributed by atoms with Gasteiger partial charge < -0.3 is 5.32 Å². The summed E-state index contributed by atoms with van der Waals surface area (Å²) in [5, 5.41) is 6.73. The Labute approximate surface area is 138 Å². The predicted molar refractivity (Wildman–Crippen MR) is 82.3 cm³/mol. The summed E-state index contributed by atoms with van der Waals surface area (Å²) in [6, 6.07) is 3.41. The second-order valence-corrected chi connectivity index (χ2v) is 5.93. The molecule has 0 bridgehead atoms. The second-order valence-electron chi connectivity index (χ2n) is 5.37. The molecule has 122 valence electrons. The lowest BCUT2D eigenvalue weighted by molar-refractivity contribution is -0.140. The molecule has 0 unspecified atom stereocenters. The third-order valence-electron chi connectivity index (χ3n) is 3.76. The molecule has 0 aliphatic carbocycles. The van der Waals surface area contributed by atoms with Crippen LogP contribution in [0.25, 0.3) is 11.1 Å². The summed E-state index contributed by atoms with van der Waals surface area (Å²) in [4.78, 5) is 12.1. The minimum Gasteiger partial charge on any atom is -0.352 e. The van der Waals surface area contributed by atoms with Crippen LogP contribution in [0.2, 0.25) is 0 Å². The zero-order chi connectivity index (χ0) is 16.8. The molecule has 0 radical (unpaired) electrons. The van der Waals surface area contributed by atoms with E-state index in [2.05, 4.69) is 26.3 Å². The molecule has 1 aliphatic heterocycles. The standard InChI is InChI=1S/C15H13BrF3N3O/c1-22-7-12(13(21-22)15(17,18)19)10-4-8(6-16)5-11-9(10)2-3-20-14(11)23/h4-5,7H,2-3,6H2,1H3,(H,20,23). The number of halogens is 4. The Bertz CT molecular complexity index is 783. The highest BCUT2D eigenvalue weighted by Gasteiger charge is 2.38. The number of carbonyl (C=O) groups excluding carboxylic acids is 1. The molecule has 1 aromatic carbocycles. The molecule has 1 aliphatic rings. The van der Waals surface area contributed by atoms with Gasteiger partial charge in [0.05, 0.1) is 0 Å². The van der Waals surface area contributed by atoms with Crippen LogP contribution in [0.5, 0.6) is 0 Å². The first-order valence-electron chi connectivity index (χ1n) is 6.92. The monoisotopic (exact) mass is 387 g/mol. The minimum absolute atomic E-state index is 0.00810. The first kappa shape index (κ1) is 16.0. The molecule has 0 fully saturated rings. The Hall–Kier alpha value is -1.83. The van der Waals surface area contributed by atoms with Crippen LogP contribution in [0.15, 0.2) is 18.3 Å². The van der Waals surface area contributed by atoms with Gasteiger partial charge in [-0.25, -0.2) is 0 Å². The van der Waals surface area contributed by atoms with E-state index in [-0.39, 0.29) is 11.5 Å². The molecule has 2 heterocycles. The quantitative estimate of drug-likeness (QED) is 0.803. The Kier molecular flexibility index (Phi) is 3.95. The summed E-state index contributed by atoms with van der Waals surface area (Å²) < 4.78 is 41.0. The van der Waals surface area contributed by atoms with Crippen molar-refractivity contribution in [2.45, 2.75) is 17.9 Å². The number of alkyl halides is 4. The van der Waals surface area contributed by atoms with Crippen LogP contribution in [0.3, 0.4) is 0 Å². The van der Waals surface area contributed by atoms with Gasteiger partial charge in [-0.1, -0.05) is 15.9 Å². The maximum atomic E-state index is 13.3. The Balaban J connectivity index is 2.29. The third kappa shape index (κ3) is 2.87. The van der Waals surface area contributed by atoms with E-state index in [1.54, 1.807) is 12.1 Å². The van der Waals surface area contributed by atoms with Crippen LogP contribution in [-0.4, -0.2) is 22.2 Å². The highest BCUT2D eigenvalue weighted by atomic mass is 79.9. The van der Waals surface area contributed by atoms with Crippen LogP contribution in [0, 0.1) is 0 Å². The number of hydrogen-bond donors (Lipinski definition) is 1. The Morgan fingerprint density at radius 3 is 2.65 bits per heavy atom. The van der Waals surface area contributed by atoms with Crippen molar-refractivity contribution >= 4 is 21.8 Å². The number of hydrogen-bond acceptors (Lipinski definition) is 2. The largest absolute Gasteiger partial charge is 0.435 e. The number of fused-ring (bicyclic) bond motifs is 1. The van der Waals surface area contributed by atoms with E-state index < -0.39 is 11.9 Å². The van der Waals surface area contributed by atoms with Gasteiger partial charge in [0.2, 0.25) is 0 Å². The molecule has 4 nitrogen and oxygen atoms in total.